The van der Waals surface area contributed by atoms with E-state index in [-0.39, 0.29) is 11.9 Å². The average molecular weight is 273 g/mol. The molecule has 0 aliphatic carbocycles. The lowest BCUT2D eigenvalue weighted by Crippen LogP contribution is -2.42. The minimum absolute atomic E-state index is 0.0244. The van der Waals surface area contributed by atoms with Gasteiger partial charge in [0.05, 0.1) is 5.56 Å². The molecule has 1 fully saturated rings. The SMILES string of the molecule is NC1CCN(C(=O)c2coc(Br)c2)CC1. The number of hydrogen-bond donors (Lipinski definition) is 1. The molecule has 0 spiro atoms. The second kappa shape index (κ2) is 4.37. The summed E-state index contributed by atoms with van der Waals surface area (Å²) in [5.74, 6) is 0.0244. The van der Waals surface area contributed by atoms with Gasteiger partial charge in [-0.3, -0.25) is 4.79 Å². The van der Waals surface area contributed by atoms with Crippen LogP contribution in [0.25, 0.3) is 0 Å². The fraction of sp³-hybridized carbons (Fsp3) is 0.500. The molecule has 1 aliphatic rings. The summed E-state index contributed by atoms with van der Waals surface area (Å²) in [4.78, 5) is 13.7. The molecule has 82 valence electrons. The van der Waals surface area contributed by atoms with Gasteiger partial charge in [0.15, 0.2) is 4.67 Å². The summed E-state index contributed by atoms with van der Waals surface area (Å²) in [6.45, 7) is 1.48. The van der Waals surface area contributed by atoms with E-state index in [4.69, 9.17) is 10.2 Å². The Morgan fingerprint density at radius 3 is 2.73 bits per heavy atom. The van der Waals surface area contributed by atoms with Gasteiger partial charge in [-0.15, -0.1) is 0 Å². The van der Waals surface area contributed by atoms with E-state index in [2.05, 4.69) is 15.9 Å². The molecule has 5 heteroatoms. The Bertz CT molecular complexity index is 356. The lowest BCUT2D eigenvalue weighted by molar-refractivity contribution is 0.0714. The highest BCUT2D eigenvalue weighted by Crippen LogP contribution is 2.18. The van der Waals surface area contributed by atoms with Crippen LogP contribution >= 0.6 is 15.9 Å². The van der Waals surface area contributed by atoms with E-state index in [1.807, 2.05) is 4.90 Å². The van der Waals surface area contributed by atoms with Crippen molar-refractivity contribution in [2.45, 2.75) is 18.9 Å². The second-order valence-corrected chi connectivity index (χ2v) is 4.55. The fourth-order valence-electron chi connectivity index (χ4n) is 1.71. The van der Waals surface area contributed by atoms with Crippen molar-refractivity contribution in [1.29, 1.82) is 0 Å². The maximum absolute atomic E-state index is 11.9. The highest BCUT2D eigenvalue weighted by molar-refractivity contribution is 9.10. The molecule has 0 atom stereocenters. The summed E-state index contributed by atoms with van der Waals surface area (Å²) in [5, 5.41) is 0. The first-order valence-electron chi connectivity index (χ1n) is 4.95. The number of furan rings is 1. The predicted octanol–water partition coefficient (Wildman–Crippen LogP) is 1.61. The maximum Gasteiger partial charge on any atom is 0.257 e. The topological polar surface area (TPSA) is 59.5 Å². The average Bonchev–Trinajstić information content (AvgIpc) is 2.65. The molecule has 0 radical (unpaired) electrons. The van der Waals surface area contributed by atoms with E-state index in [9.17, 15) is 4.79 Å². The Morgan fingerprint density at radius 1 is 1.53 bits per heavy atom. The summed E-state index contributed by atoms with van der Waals surface area (Å²) in [5.41, 5.74) is 6.37. The first kappa shape index (κ1) is 10.7. The van der Waals surface area contributed by atoms with E-state index < -0.39 is 0 Å². The van der Waals surface area contributed by atoms with E-state index in [1.54, 1.807) is 6.07 Å². The number of carbonyl (C=O) groups is 1. The van der Waals surface area contributed by atoms with Crippen LogP contribution in [0.2, 0.25) is 0 Å². The first-order chi connectivity index (χ1) is 7.16. The van der Waals surface area contributed by atoms with Gasteiger partial charge in [0.1, 0.15) is 6.26 Å². The molecule has 2 N–H and O–H groups in total. The summed E-state index contributed by atoms with van der Waals surface area (Å²) in [7, 11) is 0. The molecule has 1 amide bonds. The van der Waals surface area contributed by atoms with Crippen molar-refractivity contribution in [1.82, 2.24) is 4.90 Å². The van der Waals surface area contributed by atoms with Crippen molar-refractivity contribution in [3.05, 3.63) is 22.6 Å². The van der Waals surface area contributed by atoms with Crippen LogP contribution in [0, 0.1) is 0 Å². The van der Waals surface area contributed by atoms with Crippen LogP contribution in [0.4, 0.5) is 0 Å². The number of carbonyl (C=O) groups excluding carboxylic acids is 1. The van der Waals surface area contributed by atoms with Crippen LogP contribution in [0.3, 0.4) is 0 Å². The van der Waals surface area contributed by atoms with Crippen LogP contribution in [0.1, 0.15) is 23.2 Å². The van der Waals surface area contributed by atoms with Gasteiger partial charge < -0.3 is 15.1 Å². The van der Waals surface area contributed by atoms with Crippen LogP contribution in [0.5, 0.6) is 0 Å². The minimum atomic E-state index is 0.0244. The molecule has 2 rings (SSSR count). The highest BCUT2D eigenvalue weighted by atomic mass is 79.9. The standard InChI is InChI=1S/C10H13BrN2O2/c11-9-5-7(6-15-9)10(14)13-3-1-8(12)2-4-13/h5-6,8H,1-4,12H2. The molecule has 2 heterocycles. The van der Waals surface area contributed by atoms with Crippen LogP contribution in [-0.2, 0) is 0 Å². The Hall–Kier alpha value is -0.810. The minimum Gasteiger partial charge on any atom is -0.457 e. The molecule has 15 heavy (non-hydrogen) atoms. The van der Waals surface area contributed by atoms with Gasteiger partial charge in [-0.2, -0.15) is 0 Å². The van der Waals surface area contributed by atoms with E-state index in [1.165, 1.54) is 6.26 Å². The summed E-state index contributed by atoms with van der Waals surface area (Å²) in [6, 6.07) is 1.93. The molecule has 4 nitrogen and oxygen atoms in total. The molecule has 0 aromatic carbocycles. The third-order valence-corrected chi connectivity index (χ3v) is 3.06. The van der Waals surface area contributed by atoms with Gasteiger partial charge in [0, 0.05) is 25.2 Å². The van der Waals surface area contributed by atoms with Gasteiger partial charge >= 0.3 is 0 Å². The second-order valence-electron chi connectivity index (χ2n) is 3.77. The quantitative estimate of drug-likeness (QED) is 0.845. The maximum atomic E-state index is 11.9. The number of nitrogens with two attached hydrogens (primary N) is 1. The zero-order chi connectivity index (χ0) is 10.8. The van der Waals surface area contributed by atoms with Gasteiger partial charge in [0.25, 0.3) is 5.91 Å². The van der Waals surface area contributed by atoms with Crippen LogP contribution < -0.4 is 5.73 Å². The lowest BCUT2D eigenvalue weighted by Gasteiger charge is -2.29. The molecule has 1 saturated heterocycles. The molecular formula is C10H13BrN2O2. The number of nitrogens with zero attached hydrogens (tertiary/aromatic N) is 1. The monoisotopic (exact) mass is 272 g/mol. The van der Waals surface area contributed by atoms with E-state index >= 15 is 0 Å². The molecule has 0 unspecified atom stereocenters. The van der Waals surface area contributed by atoms with Crippen molar-refractivity contribution in [2.24, 2.45) is 5.73 Å². The summed E-state index contributed by atoms with van der Waals surface area (Å²) < 4.78 is 5.62. The molecule has 0 bridgehead atoms. The molecule has 0 saturated carbocycles. The van der Waals surface area contributed by atoms with Gasteiger partial charge in [-0.1, -0.05) is 0 Å². The number of likely N-dealkylation sites (tertiary alicyclic amines) is 1. The number of piperidine rings is 1. The van der Waals surface area contributed by atoms with Crippen molar-refractivity contribution < 1.29 is 9.21 Å². The largest absolute Gasteiger partial charge is 0.457 e. The lowest BCUT2D eigenvalue weighted by atomic mass is 10.1. The normalized spacial score (nSPS) is 18.1. The van der Waals surface area contributed by atoms with Crippen LogP contribution in [0.15, 0.2) is 21.4 Å². The smallest absolute Gasteiger partial charge is 0.257 e. The van der Waals surface area contributed by atoms with Gasteiger partial charge in [0.2, 0.25) is 0 Å². The zero-order valence-corrected chi connectivity index (χ0v) is 9.87. The van der Waals surface area contributed by atoms with Gasteiger partial charge in [-0.05, 0) is 28.8 Å². The van der Waals surface area contributed by atoms with E-state index in [0.29, 0.717) is 10.2 Å². The third-order valence-electron chi connectivity index (χ3n) is 2.64. The van der Waals surface area contributed by atoms with Crippen LogP contribution in [-0.4, -0.2) is 29.9 Å². The summed E-state index contributed by atoms with van der Waals surface area (Å²) >= 11 is 3.18. The number of halogens is 1. The Balaban J connectivity index is 2.02. The Kier molecular flexibility index (Phi) is 3.11. The molecule has 1 aromatic rings. The van der Waals surface area contributed by atoms with Crippen molar-refractivity contribution >= 4 is 21.8 Å². The fourth-order valence-corrected chi connectivity index (χ4v) is 2.05. The third kappa shape index (κ3) is 2.41. The molecular weight excluding hydrogens is 260 g/mol. The van der Waals surface area contributed by atoms with Gasteiger partial charge in [-0.25, -0.2) is 0 Å². The summed E-state index contributed by atoms with van der Waals surface area (Å²) in [6.07, 6.45) is 3.23. The molecule has 1 aliphatic heterocycles. The number of amides is 1. The predicted molar refractivity (Wildman–Crippen MR) is 59.5 cm³/mol. The Morgan fingerprint density at radius 2 is 2.20 bits per heavy atom. The molecule has 1 aromatic heterocycles. The Labute approximate surface area is 96.5 Å². The van der Waals surface area contributed by atoms with Crippen molar-refractivity contribution in [2.75, 3.05) is 13.1 Å². The first-order valence-corrected chi connectivity index (χ1v) is 5.75. The van der Waals surface area contributed by atoms with Crippen molar-refractivity contribution in [3.8, 4) is 0 Å². The number of rotatable bonds is 1. The zero-order valence-electron chi connectivity index (χ0n) is 8.28. The van der Waals surface area contributed by atoms with E-state index in [0.717, 1.165) is 25.9 Å². The van der Waals surface area contributed by atoms with Crippen molar-refractivity contribution in [3.63, 3.8) is 0 Å². The highest BCUT2D eigenvalue weighted by Gasteiger charge is 2.22. The number of hydrogen-bond acceptors (Lipinski definition) is 3.